The molecule has 0 radical (unpaired) electrons. The molecule has 1 unspecified atom stereocenters. The molecule has 74 valence electrons. The molecule has 4 N–H and O–H groups in total. The van der Waals surface area contributed by atoms with Crippen LogP contribution in [0.3, 0.4) is 0 Å². The lowest BCUT2D eigenvalue weighted by atomic mass is 9.92. The molecule has 1 rings (SSSR count). The van der Waals surface area contributed by atoms with E-state index in [-0.39, 0.29) is 6.04 Å². The maximum Gasteiger partial charge on any atom is 0.0558 e. The fourth-order valence-corrected chi connectivity index (χ4v) is 1.50. The van der Waals surface area contributed by atoms with Crippen LogP contribution in [0.5, 0.6) is 0 Å². The molecule has 1 aliphatic rings. The molecule has 1 heterocycles. The summed E-state index contributed by atoms with van der Waals surface area (Å²) in [4.78, 5) is 4.44. The van der Waals surface area contributed by atoms with Crippen LogP contribution in [0.4, 0.5) is 0 Å². The van der Waals surface area contributed by atoms with Crippen LogP contribution in [0.2, 0.25) is 0 Å². The van der Waals surface area contributed by atoms with E-state index in [0.717, 1.165) is 29.9 Å². The smallest absolute Gasteiger partial charge is 0.0558 e. The molecule has 0 aliphatic carbocycles. The third-order valence-corrected chi connectivity index (χ3v) is 2.86. The molecule has 0 saturated heterocycles. The van der Waals surface area contributed by atoms with Crippen LogP contribution >= 0.6 is 0 Å². The summed E-state index contributed by atoms with van der Waals surface area (Å²) in [6.07, 6.45) is 1.82. The first-order valence-corrected chi connectivity index (χ1v) is 4.78. The molecule has 3 nitrogen and oxygen atoms in total. The molecular formula is C10H19N3. The van der Waals surface area contributed by atoms with Gasteiger partial charge < -0.3 is 11.5 Å². The summed E-state index contributed by atoms with van der Waals surface area (Å²) in [5.74, 6) is 0.364. The summed E-state index contributed by atoms with van der Waals surface area (Å²) in [5.41, 5.74) is 14.7. The summed E-state index contributed by atoms with van der Waals surface area (Å²) in [6.45, 7) is 6.10. The van der Waals surface area contributed by atoms with E-state index in [4.69, 9.17) is 11.5 Å². The molecule has 0 aromatic rings. The Kier molecular flexibility index (Phi) is 3.09. The van der Waals surface area contributed by atoms with Crippen LogP contribution < -0.4 is 11.5 Å². The molecule has 0 aromatic heterocycles. The van der Waals surface area contributed by atoms with E-state index >= 15 is 0 Å². The predicted molar refractivity (Wildman–Crippen MR) is 56.4 cm³/mol. The average molecular weight is 181 g/mol. The molecule has 0 fully saturated rings. The lowest BCUT2D eigenvalue weighted by Crippen LogP contribution is -2.33. The van der Waals surface area contributed by atoms with E-state index < -0.39 is 0 Å². The Bertz CT molecular complexity index is 253. The first-order chi connectivity index (χ1) is 6.02. The molecule has 0 bridgehead atoms. The Morgan fingerprint density at radius 3 is 2.62 bits per heavy atom. The van der Waals surface area contributed by atoms with Crippen LogP contribution in [0, 0.1) is 5.92 Å². The number of nitrogens with two attached hydrogens (primary N) is 2. The minimum atomic E-state index is 0.190. The summed E-state index contributed by atoms with van der Waals surface area (Å²) in [5, 5.41) is 0. The molecule has 13 heavy (non-hydrogen) atoms. The topological polar surface area (TPSA) is 64.4 Å². The van der Waals surface area contributed by atoms with Crippen molar-refractivity contribution in [3.8, 4) is 0 Å². The molecule has 0 saturated carbocycles. The summed E-state index contributed by atoms with van der Waals surface area (Å²) >= 11 is 0. The van der Waals surface area contributed by atoms with E-state index in [9.17, 15) is 0 Å². The zero-order valence-electron chi connectivity index (χ0n) is 8.67. The van der Waals surface area contributed by atoms with Crippen LogP contribution in [0.1, 0.15) is 33.6 Å². The summed E-state index contributed by atoms with van der Waals surface area (Å²) in [7, 11) is 0. The number of hydrogen-bond donors (Lipinski definition) is 2. The van der Waals surface area contributed by atoms with Crippen molar-refractivity contribution in [1.29, 1.82) is 0 Å². The largest absolute Gasteiger partial charge is 0.401 e. The van der Waals surface area contributed by atoms with Crippen molar-refractivity contribution in [2.45, 2.75) is 39.7 Å². The van der Waals surface area contributed by atoms with Gasteiger partial charge in [0.15, 0.2) is 0 Å². The molecule has 3 heteroatoms. The van der Waals surface area contributed by atoms with E-state index in [2.05, 4.69) is 11.9 Å². The molecule has 0 amide bonds. The van der Waals surface area contributed by atoms with Gasteiger partial charge in [-0.3, -0.25) is 4.99 Å². The third kappa shape index (κ3) is 2.31. The third-order valence-electron chi connectivity index (χ3n) is 2.86. The second-order valence-corrected chi connectivity index (χ2v) is 3.86. The van der Waals surface area contributed by atoms with Gasteiger partial charge in [-0.15, -0.1) is 0 Å². The Labute approximate surface area is 79.9 Å². The van der Waals surface area contributed by atoms with Crippen LogP contribution in [0.15, 0.2) is 16.4 Å². The highest BCUT2D eigenvalue weighted by Crippen LogP contribution is 2.18. The van der Waals surface area contributed by atoms with Gasteiger partial charge in [0.25, 0.3) is 0 Å². The van der Waals surface area contributed by atoms with Gasteiger partial charge in [0.2, 0.25) is 0 Å². The molecule has 0 aromatic carbocycles. The monoisotopic (exact) mass is 181 g/mol. The van der Waals surface area contributed by atoms with Gasteiger partial charge in [-0.25, -0.2) is 0 Å². The normalized spacial score (nSPS) is 30.9. The number of nitrogens with zero attached hydrogens (tertiary/aromatic N) is 1. The Morgan fingerprint density at radius 2 is 2.00 bits per heavy atom. The highest BCUT2D eigenvalue weighted by molar-refractivity contribution is 5.85. The highest BCUT2D eigenvalue weighted by Gasteiger charge is 2.18. The minimum Gasteiger partial charge on any atom is -0.401 e. The first-order valence-electron chi connectivity index (χ1n) is 4.78. The van der Waals surface area contributed by atoms with Crippen molar-refractivity contribution in [3.05, 3.63) is 11.4 Å². The van der Waals surface area contributed by atoms with Crippen LogP contribution in [0.25, 0.3) is 0 Å². The lowest BCUT2D eigenvalue weighted by Gasteiger charge is -2.22. The van der Waals surface area contributed by atoms with E-state index in [0.29, 0.717) is 5.92 Å². The SMILES string of the molecule is CC1=NC(C)=C(N)CC[C@@H](N)C1C. The van der Waals surface area contributed by atoms with E-state index in [1.54, 1.807) is 0 Å². The van der Waals surface area contributed by atoms with Gasteiger partial charge in [0, 0.05) is 23.4 Å². The Balaban J connectivity index is 2.95. The van der Waals surface area contributed by atoms with Gasteiger partial charge in [-0.2, -0.15) is 0 Å². The second-order valence-electron chi connectivity index (χ2n) is 3.86. The quantitative estimate of drug-likeness (QED) is 0.593. The molecule has 0 spiro atoms. The minimum absolute atomic E-state index is 0.190. The number of hydrogen-bond acceptors (Lipinski definition) is 3. The van der Waals surface area contributed by atoms with Crippen LogP contribution in [-0.2, 0) is 0 Å². The van der Waals surface area contributed by atoms with Crippen molar-refractivity contribution in [1.82, 2.24) is 0 Å². The number of rotatable bonds is 0. The van der Waals surface area contributed by atoms with Crippen LogP contribution in [-0.4, -0.2) is 11.8 Å². The van der Waals surface area contributed by atoms with E-state index in [1.165, 1.54) is 0 Å². The average Bonchev–Trinajstić information content (AvgIpc) is 2.10. The van der Waals surface area contributed by atoms with Crippen molar-refractivity contribution >= 4 is 5.71 Å². The summed E-state index contributed by atoms with van der Waals surface area (Å²) < 4.78 is 0. The fraction of sp³-hybridized carbons (Fsp3) is 0.700. The Hall–Kier alpha value is -0.830. The zero-order valence-corrected chi connectivity index (χ0v) is 8.67. The van der Waals surface area contributed by atoms with Crippen molar-refractivity contribution in [2.75, 3.05) is 0 Å². The fourth-order valence-electron chi connectivity index (χ4n) is 1.50. The molecule has 2 atom stereocenters. The van der Waals surface area contributed by atoms with Gasteiger partial charge in [-0.05, 0) is 26.7 Å². The lowest BCUT2D eigenvalue weighted by molar-refractivity contribution is 0.517. The standard InChI is InChI=1S/C10H19N3/c1-6-7(2)13-8(3)10(12)5-4-9(6)11/h6,9H,4-5,11-12H2,1-3H3/t6?,9-/m1/s1. The van der Waals surface area contributed by atoms with Gasteiger partial charge >= 0.3 is 0 Å². The molecule has 1 aliphatic heterocycles. The second kappa shape index (κ2) is 3.92. The van der Waals surface area contributed by atoms with Gasteiger partial charge in [-0.1, -0.05) is 6.92 Å². The number of allylic oxidation sites excluding steroid dienone is 2. The predicted octanol–water partition coefficient (Wildman–Crippen LogP) is 1.39. The van der Waals surface area contributed by atoms with Crippen molar-refractivity contribution in [2.24, 2.45) is 22.4 Å². The molecular weight excluding hydrogens is 162 g/mol. The van der Waals surface area contributed by atoms with Gasteiger partial charge in [0.1, 0.15) is 0 Å². The van der Waals surface area contributed by atoms with Gasteiger partial charge in [0.05, 0.1) is 5.70 Å². The van der Waals surface area contributed by atoms with E-state index in [1.807, 2.05) is 13.8 Å². The Morgan fingerprint density at radius 1 is 1.38 bits per heavy atom. The first kappa shape index (κ1) is 10.3. The number of aliphatic imine (C=N–C) groups is 1. The highest BCUT2D eigenvalue weighted by atomic mass is 14.8. The summed E-state index contributed by atoms with van der Waals surface area (Å²) in [6, 6.07) is 0.190. The maximum absolute atomic E-state index is 5.99. The zero-order chi connectivity index (χ0) is 10.0. The van der Waals surface area contributed by atoms with Crippen molar-refractivity contribution in [3.63, 3.8) is 0 Å². The maximum atomic E-state index is 5.99. The van der Waals surface area contributed by atoms with Crippen molar-refractivity contribution < 1.29 is 0 Å².